The van der Waals surface area contributed by atoms with E-state index in [9.17, 15) is 4.79 Å². The van der Waals surface area contributed by atoms with Crippen molar-refractivity contribution in [1.82, 2.24) is 20.3 Å². The molecule has 24 heavy (non-hydrogen) atoms. The van der Waals surface area contributed by atoms with E-state index in [1.165, 1.54) is 0 Å². The predicted octanol–water partition coefficient (Wildman–Crippen LogP) is 1.49. The molecule has 0 unspecified atom stereocenters. The Balaban J connectivity index is 1.49. The molecule has 1 N–H and O–H groups in total. The minimum atomic E-state index is -0.259. The van der Waals surface area contributed by atoms with E-state index < -0.39 is 0 Å². The Hall–Kier alpha value is -2.70. The van der Waals surface area contributed by atoms with E-state index in [1.54, 1.807) is 12.4 Å². The second kappa shape index (κ2) is 6.43. The van der Waals surface area contributed by atoms with Gasteiger partial charge >= 0.3 is 0 Å². The molecule has 2 aromatic rings. The van der Waals surface area contributed by atoms with Crippen molar-refractivity contribution in [3.05, 3.63) is 41.6 Å². The van der Waals surface area contributed by atoms with E-state index in [4.69, 9.17) is 9.47 Å². The maximum absolute atomic E-state index is 12.5. The standard InChI is InChI=1S/C17H18N4O3/c22-16(19-7-5-11-2-1-6-18-10-11)13-14-17(24-9-8-23-14)21-15(20-13)12-3-4-12/h1-2,6,10,12H,3-5,7-9H2,(H,19,22). The molecule has 3 heterocycles. The molecule has 0 atom stereocenters. The van der Waals surface area contributed by atoms with Crippen molar-refractivity contribution in [2.24, 2.45) is 0 Å². The highest BCUT2D eigenvalue weighted by atomic mass is 16.6. The number of hydrogen-bond donors (Lipinski definition) is 1. The van der Waals surface area contributed by atoms with Crippen molar-refractivity contribution >= 4 is 5.91 Å². The first-order valence-corrected chi connectivity index (χ1v) is 8.16. The minimum absolute atomic E-state index is 0.259. The van der Waals surface area contributed by atoms with Crippen molar-refractivity contribution in [2.75, 3.05) is 19.8 Å². The average Bonchev–Trinajstić information content (AvgIpc) is 3.47. The van der Waals surface area contributed by atoms with Crippen molar-refractivity contribution in [2.45, 2.75) is 25.2 Å². The van der Waals surface area contributed by atoms with Gasteiger partial charge in [0.05, 0.1) is 0 Å². The number of nitrogens with one attached hydrogen (secondary N) is 1. The van der Waals surface area contributed by atoms with Crippen LogP contribution in [0.25, 0.3) is 0 Å². The Bertz CT molecular complexity index is 747. The van der Waals surface area contributed by atoms with Crippen molar-refractivity contribution in [3.8, 4) is 11.6 Å². The Morgan fingerprint density at radius 2 is 2.12 bits per heavy atom. The van der Waals surface area contributed by atoms with Crippen LogP contribution in [0.4, 0.5) is 0 Å². The molecule has 1 aliphatic heterocycles. The Morgan fingerprint density at radius 1 is 1.25 bits per heavy atom. The second-order valence-corrected chi connectivity index (χ2v) is 5.90. The van der Waals surface area contributed by atoms with Gasteiger partial charge in [-0.25, -0.2) is 4.98 Å². The quantitative estimate of drug-likeness (QED) is 0.896. The molecule has 7 nitrogen and oxygen atoms in total. The molecule has 1 aliphatic carbocycles. The molecule has 1 fully saturated rings. The van der Waals surface area contributed by atoms with Crippen LogP contribution >= 0.6 is 0 Å². The van der Waals surface area contributed by atoms with Gasteiger partial charge in [0.15, 0.2) is 5.69 Å². The van der Waals surface area contributed by atoms with E-state index in [1.807, 2.05) is 12.1 Å². The summed E-state index contributed by atoms with van der Waals surface area (Å²) in [5.41, 5.74) is 1.34. The summed E-state index contributed by atoms with van der Waals surface area (Å²) in [6.07, 6.45) is 6.34. The highest BCUT2D eigenvalue weighted by Crippen LogP contribution is 2.41. The number of aromatic nitrogens is 3. The lowest BCUT2D eigenvalue weighted by Gasteiger charge is -2.20. The zero-order valence-corrected chi connectivity index (χ0v) is 13.2. The van der Waals surface area contributed by atoms with Crippen molar-refractivity contribution in [3.63, 3.8) is 0 Å². The lowest BCUT2D eigenvalue weighted by molar-refractivity contribution is 0.0934. The predicted molar refractivity (Wildman–Crippen MR) is 85.3 cm³/mol. The molecule has 1 amide bonds. The third kappa shape index (κ3) is 3.15. The van der Waals surface area contributed by atoms with Gasteiger partial charge in [0.25, 0.3) is 11.8 Å². The summed E-state index contributed by atoms with van der Waals surface area (Å²) in [4.78, 5) is 25.4. The molecule has 1 saturated carbocycles. The van der Waals surface area contributed by atoms with Crippen LogP contribution in [-0.4, -0.2) is 40.6 Å². The van der Waals surface area contributed by atoms with Crippen LogP contribution in [0.5, 0.6) is 11.6 Å². The van der Waals surface area contributed by atoms with Gasteiger partial charge in [0.2, 0.25) is 5.75 Å². The maximum Gasteiger partial charge on any atom is 0.274 e. The van der Waals surface area contributed by atoms with E-state index in [0.29, 0.717) is 49.6 Å². The first-order valence-electron chi connectivity index (χ1n) is 8.16. The third-order valence-electron chi connectivity index (χ3n) is 4.00. The zero-order valence-electron chi connectivity index (χ0n) is 13.2. The first kappa shape index (κ1) is 14.9. The summed E-state index contributed by atoms with van der Waals surface area (Å²) in [6.45, 7) is 1.34. The molecule has 0 bridgehead atoms. The largest absolute Gasteiger partial charge is 0.483 e. The van der Waals surface area contributed by atoms with Crippen LogP contribution in [-0.2, 0) is 6.42 Å². The monoisotopic (exact) mass is 326 g/mol. The van der Waals surface area contributed by atoms with Gasteiger partial charge in [-0.3, -0.25) is 9.78 Å². The fourth-order valence-corrected chi connectivity index (χ4v) is 2.58. The average molecular weight is 326 g/mol. The van der Waals surface area contributed by atoms with Crippen LogP contribution in [0, 0.1) is 0 Å². The van der Waals surface area contributed by atoms with E-state index in [-0.39, 0.29) is 11.6 Å². The molecule has 0 radical (unpaired) electrons. The molecule has 0 aromatic carbocycles. The van der Waals surface area contributed by atoms with E-state index in [2.05, 4.69) is 20.3 Å². The molecule has 0 spiro atoms. The molecular weight excluding hydrogens is 308 g/mol. The van der Waals surface area contributed by atoms with E-state index >= 15 is 0 Å². The van der Waals surface area contributed by atoms with Crippen LogP contribution in [0.2, 0.25) is 0 Å². The van der Waals surface area contributed by atoms with E-state index in [0.717, 1.165) is 18.4 Å². The highest BCUT2D eigenvalue weighted by molar-refractivity contribution is 5.95. The van der Waals surface area contributed by atoms with Gasteiger partial charge < -0.3 is 14.8 Å². The van der Waals surface area contributed by atoms with Gasteiger partial charge in [-0.1, -0.05) is 6.07 Å². The number of amides is 1. The Kier molecular flexibility index (Phi) is 3.98. The number of ether oxygens (including phenoxy) is 2. The number of hydrogen-bond acceptors (Lipinski definition) is 6. The summed E-state index contributed by atoms with van der Waals surface area (Å²) < 4.78 is 11.1. The third-order valence-corrected chi connectivity index (χ3v) is 4.00. The van der Waals surface area contributed by atoms with Crippen molar-refractivity contribution < 1.29 is 14.3 Å². The topological polar surface area (TPSA) is 86.2 Å². The number of rotatable bonds is 5. The van der Waals surface area contributed by atoms with Gasteiger partial charge in [-0.05, 0) is 30.9 Å². The Morgan fingerprint density at radius 3 is 2.92 bits per heavy atom. The smallest absolute Gasteiger partial charge is 0.274 e. The van der Waals surface area contributed by atoms with Crippen LogP contribution in [0.3, 0.4) is 0 Å². The minimum Gasteiger partial charge on any atom is -0.483 e. The molecule has 0 saturated heterocycles. The lowest BCUT2D eigenvalue weighted by atomic mass is 10.2. The molecule has 7 heteroatoms. The van der Waals surface area contributed by atoms with Crippen LogP contribution in [0.1, 0.15) is 40.6 Å². The fraction of sp³-hybridized carbons (Fsp3) is 0.412. The molecule has 2 aliphatic rings. The summed E-state index contributed by atoms with van der Waals surface area (Å²) in [5.74, 6) is 1.49. The zero-order chi connectivity index (χ0) is 16.4. The van der Waals surface area contributed by atoms with Gasteiger partial charge in [-0.15, -0.1) is 0 Å². The van der Waals surface area contributed by atoms with Gasteiger partial charge in [0, 0.05) is 24.9 Å². The molecule has 4 rings (SSSR count). The van der Waals surface area contributed by atoms with Gasteiger partial charge in [0.1, 0.15) is 19.0 Å². The summed E-state index contributed by atoms with van der Waals surface area (Å²) in [6, 6.07) is 3.86. The fourth-order valence-electron chi connectivity index (χ4n) is 2.58. The van der Waals surface area contributed by atoms with Crippen molar-refractivity contribution in [1.29, 1.82) is 0 Å². The van der Waals surface area contributed by atoms with Gasteiger partial charge in [-0.2, -0.15) is 4.98 Å². The maximum atomic E-state index is 12.5. The summed E-state index contributed by atoms with van der Waals surface area (Å²) >= 11 is 0. The normalized spacial score (nSPS) is 15.8. The SMILES string of the molecule is O=C(NCCc1cccnc1)c1nc(C2CC2)nc2c1OCCO2. The molecule has 124 valence electrons. The lowest BCUT2D eigenvalue weighted by Crippen LogP contribution is -2.29. The van der Waals surface area contributed by atoms with Crippen LogP contribution in [0.15, 0.2) is 24.5 Å². The number of pyridine rings is 1. The summed E-state index contributed by atoms with van der Waals surface area (Å²) in [5, 5.41) is 2.89. The number of carbonyl (C=O) groups excluding carboxylic acids is 1. The number of nitrogens with zero attached hydrogens (tertiary/aromatic N) is 3. The number of fused-ring (bicyclic) bond motifs is 1. The summed E-state index contributed by atoms with van der Waals surface area (Å²) in [7, 11) is 0. The number of carbonyl (C=O) groups is 1. The second-order valence-electron chi connectivity index (χ2n) is 5.90. The first-order chi connectivity index (χ1) is 11.8. The molecular formula is C17H18N4O3. The molecule has 2 aromatic heterocycles. The Labute approximate surface area is 139 Å². The van der Waals surface area contributed by atoms with Crippen LogP contribution < -0.4 is 14.8 Å². The highest BCUT2D eigenvalue weighted by Gasteiger charge is 2.32.